The summed E-state index contributed by atoms with van der Waals surface area (Å²) in [6.45, 7) is 3.30. The zero-order valence-electron chi connectivity index (χ0n) is 16.9. The first-order valence-electron chi connectivity index (χ1n) is 10.6. The lowest BCUT2D eigenvalue weighted by Gasteiger charge is -2.46. The number of piperidine rings is 1. The van der Waals surface area contributed by atoms with E-state index in [1.807, 2.05) is 11.9 Å². The number of rotatable bonds is 2. The molecule has 1 aromatic rings. The average Bonchev–Trinajstić information content (AvgIpc) is 3.33. The van der Waals surface area contributed by atoms with Gasteiger partial charge in [-0.2, -0.15) is 0 Å². The van der Waals surface area contributed by atoms with Gasteiger partial charge in [0, 0.05) is 38.9 Å². The molecule has 0 aromatic heterocycles. The van der Waals surface area contributed by atoms with E-state index in [1.165, 1.54) is 24.1 Å². The van der Waals surface area contributed by atoms with Crippen molar-refractivity contribution in [1.82, 2.24) is 15.1 Å². The highest BCUT2D eigenvalue weighted by Gasteiger charge is 2.55. The van der Waals surface area contributed by atoms with Crippen LogP contribution in [-0.4, -0.2) is 74.0 Å². The molecule has 3 heterocycles. The fourth-order valence-corrected chi connectivity index (χ4v) is 5.85. The fraction of sp³-hybridized carbons (Fsp3) is 0.636. The van der Waals surface area contributed by atoms with Crippen LogP contribution in [0.1, 0.15) is 24.8 Å². The Morgan fingerprint density at radius 3 is 2.71 bits per heavy atom. The molecule has 1 spiro atoms. The highest BCUT2D eigenvalue weighted by molar-refractivity contribution is 5.90. The van der Waals surface area contributed by atoms with Gasteiger partial charge in [-0.05, 0) is 49.8 Å². The maximum Gasteiger partial charge on any atom is 0.240 e. The molecule has 6 nitrogen and oxygen atoms in total. The Morgan fingerprint density at radius 1 is 1.18 bits per heavy atom. The van der Waals surface area contributed by atoms with Gasteiger partial charge in [-0.15, -0.1) is 0 Å². The molecule has 3 fully saturated rings. The van der Waals surface area contributed by atoms with E-state index < -0.39 is 0 Å². The van der Waals surface area contributed by atoms with Gasteiger partial charge in [0.05, 0.1) is 12.0 Å². The average molecular weight is 383 g/mol. The van der Waals surface area contributed by atoms with Crippen molar-refractivity contribution in [2.75, 3.05) is 45.2 Å². The third-order valence-corrected chi connectivity index (χ3v) is 7.44. The number of carbonyl (C=O) groups is 2. The third kappa shape index (κ3) is 2.81. The number of para-hydroxylation sites is 1. The predicted molar refractivity (Wildman–Crippen MR) is 108 cm³/mol. The smallest absolute Gasteiger partial charge is 0.240 e. The first-order chi connectivity index (χ1) is 13.5. The SMILES string of the molecule is CNC(=O)[C@H]1CC2(CC2)CN(C)[C@@H]1C(=O)N1CCN2c3ccccc3C[C@@H]2C1. The Morgan fingerprint density at radius 2 is 1.96 bits per heavy atom. The molecule has 4 aliphatic rings. The largest absolute Gasteiger partial charge is 0.364 e. The van der Waals surface area contributed by atoms with E-state index in [9.17, 15) is 9.59 Å². The van der Waals surface area contributed by atoms with Crippen LogP contribution < -0.4 is 10.2 Å². The number of likely N-dealkylation sites (tertiary alicyclic amines) is 1. The Kier molecular flexibility index (Phi) is 4.16. The van der Waals surface area contributed by atoms with Gasteiger partial charge in [0.2, 0.25) is 11.8 Å². The van der Waals surface area contributed by atoms with Crippen molar-refractivity contribution in [1.29, 1.82) is 0 Å². The van der Waals surface area contributed by atoms with Gasteiger partial charge >= 0.3 is 0 Å². The molecule has 1 N–H and O–H groups in total. The highest BCUT2D eigenvalue weighted by Crippen LogP contribution is 2.54. The molecule has 28 heavy (non-hydrogen) atoms. The fourth-order valence-electron chi connectivity index (χ4n) is 5.85. The summed E-state index contributed by atoms with van der Waals surface area (Å²) in [6.07, 6.45) is 4.22. The van der Waals surface area contributed by atoms with Crippen LogP contribution in [0, 0.1) is 11.3 Å². The number of nitrogens with one attached hydrogen (secondary N) is 1. The summed E-state index contributed by atoms with van der Waals surface area (Å²) >= 11 is 0. The molecule has 2 saturated heterocycles. The number of nitrogens with zero attached hydrogens (tertiary/aromatic N) is 3. The van der Waals surface area contributed by atoms with Crippen LogP contribution in [0.15, 0.2) is 24.3 Å². The zero-order valence-corrected chi connectivity index (χ0v) is 16.9. The van der Waals surface area contributed by atoms with Crippen molar-refractivity contribution in [2.45, 2.75) is 37.8 Å². The van der Waals surface area contributed by atoms with E-state index in [-0.39, 0.29) is 29.2 Å². The predicted octanol–water partition coefficient (Wildman–Crippen LogP) is 1.11. The van der Waals surface area contributed by atoms with Crippen molar-refractivity contribution < 1.29 is 9.59 Å². The van der Waals surface area contributed by atoms with Crippen LogP contribution in [-0.2, 0) is 16.0 Å². The zero-order chi connectivity index (χ0) is 19.5. The molecular weight excluding hydrogens is 352 g/mol. The number of hydrogen-bond acceptors (Lipinski definition) is 4. The molecular formula is C22H30N4O2. The van der Waals surface area contributed by atoms with Gasteiger partial charge < -0.3 is 15.1 Å². The minimum Gasteiger partial charge on any atom is -0.364 e. The Balaban J connectivity index is 1.34. The molecule has 3 aliphatic heterocycles. The second-order valence-corrected chi connectivity index (χ2v) is 9.25. The summed E-state index contributed by atoms with van der Waals surface area (Å²) < 4.78 is 0. The lowest BCUT2D eigenvalue weighted by atomic mass is 9.80. The molecule has 1 saturated carbocycles. The topological polar surface area (TPSA) is 55.9 Å². The summed E-state index contributed by atoms with van der Waals surface area (Å²) in [4.78, 5) is 32.9. The number of benzene rings is 1. The van der Waals surface area contributed by atoms with E-state index >= 15 is 0 Å². The van der Waals surface area contributed by atoms with E-state index in [1.54, 1.807) is 7.05 Å². The standard InChI is InChI=1S/C22H30N4O2/c1-23-20(27)17-12-22(7-8-22)14-24(2)19(17)21(28)25-9-10-26-16(13-25)11-15-5-3-4-6-18(15)26/h3-6,16-17,19H,7-14H2,1-2H3,(H,23,27)/t16-,17+,19+/m1/s1. The van der Waals surface area contributed by atoms with Gasteiger partial charge in [-0.1, -0.05) is 18.2 Å². The molecule has 150 valence electrons. The van der Waals surface area contributed by atoms with Crippen molar-refractivity contribution in [3.8, 4) is 0 Å². The molecule has 0 unspecified atom stereocenters. The lowest BCUT2D eigenvalue weighted by molar-refractivity contribution is -0.147. The molecule has 5 rings (SSSR count). The number of anilines is 1. The molecule has 0 radical (unpaired) electrons. The summed E-state index contributed by atoms with van der Waals surface area (Å²) in [7, 11) is 3.71. The van der Waals surface area contributed by atoms with Crippen LogP contribution >= 0.6 is 0 Å². The van der Waals surface area contributed by atoms with Gasteiger partial charge in [0.15, 0.2) is 0 Å². The Labute approximate surface area is 166 Å². The van der Waals surface area contributed by atoms with Gasteiger partial charge in [0.25, 0.3) is 0 Å². The molecule has 3 atom stereocenters. The summed E-state index contributed by atoms with van der Waals surface area (Å²) in [5.41, 5.74) is 2.98. The van der Waals surface area contributed by atoms with Crippen molar-refractivity contribution in [2.24, 2.45) is 11.3 Å². The quantitative estimate of drug-likeness (QED) is 0.833. The maximum absolute atomic E-state index is 13.6. The van der Waals surface area contributed by atoms with E-state index in [0.717, 1.165) is 39.0 Å². The summed E-state index contributed by atoms with van der Waals surface area (Å²) in [6, 6.07) is 8.61. The summed E-state index contributed by atoms with van der Waals surface area (Å²) in [5.74, 6) is -0.0807. The van der Waals surface area contributed by atoms with Crippen LogP contribution in [0.4, 0.5) is 5.69 Å². The monoisotopic (exact) mass is 382 g/mol. The third-order valence-electron chi connectivity index (χ3n) is 7.44. The minimum absolute atomic E-state index is 0.0167. The normalized spacial score (nSPS) is 30.7. The maximum atomic E-state index is 13.6. The van der Waals surface area contributed by atoms with Crippen LogP contribution in [0.5, 0.6) is 0 Å². The lowest BCUT2D eigenvalue weighted by Crippen LogP contribution is -2.62. The van der Waals surface area contributed by atoms with Crippen molar-refractivity contribution in [3.63, 3.8) is 0 Å². The number of carbonyl (C=O) groups excluding carboxylic acids is 2. The van der Waals surface area contributed by atoms with Gasteiger partial charge in [-0.3, -0.25) is 14.5 Å². The molecule has 0 bridgehead atoms. The number of hydrogen-bond donors (Lipinski definition) is 1. The van der Waals surface area contributed by atoms with E-state index in [2.05, 4.69) is 39.4 Å². The molecule has 6 heteroatoms. The van der Waals surface area contributed by atoms with Crippen molar-refractivity contribution >= 4 is 17.5 Å². The van der Waals surface area contributed by atoms with Crippen LogP contribution in [0.25, 0.3) is 0 Å². The molecule has 2 amide bonds. The first kappa shape index (κ1) is 18.0. The number of fused-ring (bicyclic) bond motifs is 3. The summed E-state index contributed by atoms with van der Waals surface area (Å²) in [5, 5.41) is 2.81. The van der Waals surface area contributed by atoms with Crippen LogP contribution in [0.2, 0.25) is 0 Å². The number of piperazine rings is 1. The molecule has 1 aromatic carbocycles. The van der Waals surface area contributed by atoms with Crippen LogP contribution in [0.3, 0.4) is 0 Å². The Hall–Kier alpha value is -2.08. The van der Waals surface area contributed by atoms with E-state index in [4.69, 9.17) is 0 Å². The molecule has 1 aliphatic carbocycles. The second-order valence-electron chi connectivity index (χ2n) is 9.25. The highest BCUT2D eigenvalue weighted by atomic mass is 16.2. The minimum atomic E-state index is -0.332. The van der Waals surface area contributed by atoms with Gasteiger partial charge in [-0.25, -0.2) is 0 Å². The first-order valence-corrected chi connectivity index (χ1v) is 10.6. The second kappa shape index (κ2) is 6.48. The Bertz CT molecular complexity index is 805. The number of likely N-dealkylation sites (N-methyl/N-ethyl adjacent to an activating group) is 1. The number of amides is 2. The van der Waals surface area contributed by atoms with E-state index in [0.29, 0.717) is 6.04 Å². The van der Waals surface area contributed by atoms with Crippen molar-refractivity contribution in [3.05, 3.63) is 29.8 Å². The van der Waals surface area contributed by atoms with Gasteiger partial charge in [0.1, 0.15) is 6.04 Å².